The van der Waals surface area contributed by atoms with Crippen molar-refractivity contribution in [1.29, 1.82) is 0 Å². The van der Waals surface area contributed by atoms with Gasteiger partial charge in [-0.2, -0.15) is 5.10 Å². The van der Waals surface area contributed by atoms with E-state index in [-0.39, 0.29) is 5.69 Å². The summed E-state index contributed by atoms with van der Waals surface area (Å²) >= 11 is 3.37. The van der Waals surface area contributed by atoms with E-state index < -0.39 is 5.97 Å². The van der Waals surface area contributed by atoms with E-state index in [9.17, 15) is 4.79 Å². The first kappa shape index (κ1) is 12.6. The van der Waals surface area contributed by atoms with Crippen LogP contribution in [0.15, 0.2) is 4.47 Å². The van der Waals surface area contributed by atoms with Crippen LogP contribution < -0.4 is 0 Å². The smallest absolute Gasteiger partial charge is 0.357 e. The van der Waals surface area contributed by atoms with Crippen LogP contribution >= 0.6 is 15.9 Å². The summed E-state index contributed by atoms with van der Waals surface area (Å²) in [6, 6.07) is 0. The topological polar surface area (TPSA) is 64.4 Å². The number of carboxylic acid groups (broad SMARTS) is 1. The number of halogens is 1. The van der Waals surface area contributed by atoms with Crippen molar-refractivity contribution in [2.75, 3.05) is 13.2 Å². The second kappa shape index (κ2) is 5.18. The molecule has 1 aliphatic rings. The van der Waals surface area contributed by atoms with Gasteiger partial charge in [-0.05, 0) is 35.7 Å². The zero-order chi connectivity index (χ0) is 12.4. The first-order valence-electron chi connectivity index (χ1n) is 5.72. The molecule has 1 saturated heterocycles. The van der Waals surface area contributed by atoms with E-state index in [2.05, 4.69) is 21.0 Å². The normalized spacial score (nSPS) is 17.3. The molecule has 17 heavy (non-hydrogen) atoms. The molecule has 1 fully saturated rings. The molecule has 0 spiro atoms. The Hall–Kier alpha value is -0.880. The summed E-state index contributed by atoms with van der Waals surface area (Å²) in [5.74, 6) is -0.656. The molecule has 0 saturated carbocycles. The van der Waals surface area contributed by atoms with Gasteiger partial charge in [0.15, 0.2) is 5.69 Å². The fraction of sp³-hybridized carbons (Fsp3) is 0.636. The third-order valence-corrected chi connectivity index (χ3v) is 3.82. The average Bonchev–Trinajstić information content (AvgIpc) is 2.67. The molecule has 0 atom stereocenters. The number of aromatic carboxylic acids is 1. The quantitative estimate of drug-likeness (QED) is 0.930. The lowest BCUT2D eigenvalue weighted by Gasteiger charge is -2.23. The Morgan fingerprint density at radius 3 is 2.76 bits per heavy atom. The minimum atomic E-state index is -0.989. The number of rotatable bonds is 3. The van der Waals surface area contributed by atoms with E-state index in [1.165, 1.54) is 0 Å². The van der Waals surface area contributed by atoms with Crippen molar-refractivity contribution in [3.8, 4) is 0 Å². The van der Waals surface area contributed by atoms with Gasteiger partial charge in [0.05, 0.1) is 10.2 Å². The van der Waals surface area contributed by atoms with Gasteiger partial charge in [0.2, 0.25) is 0 Å². The molecule has 1 aromatic heterocycles. The zero-order valence-electron chi connectivity index (χ0n) is 9.65. The number of aryl methyl sites for hydroxylation is 1. The second-order valence-electron chi connectivity index (χ2n) is 4.06. The van der Waals surface area contributed by atoms with Crippen LogP contribution in [0.4, 0.5) is 0 Å². The highest BCUT2D eigenvalue weighted by Crippen LogP contribution is 2.34. The van der Waals surface area contributed by atoms with Crippen LogP contribution in [0.3, 0.4) is 0 Å². The second-order valence-corrected chi connectivity index (χ2v) is 4.85. The lowest BCUT2D eigenvalue weighted by atomic mass is 9.96. The number of ether oxygens (including phenoxy) is 1. The van der Waals surface area contributed by atoms with Crippen molar-refractivity contribution in [2.45, 2.75) is 32.2 Å². The fourth-order valence-corrected chi connectivity index (χ4v) is 2.97. The Balaban J connectivity index is 2.39. The van der Waals surface area contributed by atoms with Gasteiger partial charge in [-0.15, -0.1) is 0 Å². The molecular weight excluding hydrogens is 288 g/mol. The Bertz CT molecular complexity index is 425. The molecular formula is C11H15BrN2O3. The van der Waals surface area contributed by atoms with Gasteiger partial charge in [0.1, 0.15) is 0 Å². The number of carbonyl (C=O) groups is 1. The monoisotopic (exact) mass is 302 g/mol. The summed E-state index contributed by atoms with van der Waals surface area (Å²) in [7, 11) is 0. The SMILES string of the molecule is CCn1nc(C(=O)O)c(Br)c1C1CCOCC1. The lowest BCUT2D eigenvalue weighted by Crippen LogP contribution is -2.17. The maximum absolute atomic E-state index is 11.1. The van der Waals surface area contributed by atoms with Gasteiger partial charge < -0.3 is 9.84 Å². The van der Waals surface area contributed by atoms with Gasteiger partial charge in [-0.1, -0.05) is 0 Å². The molecule has 0 radical (unpaired) electrons. The maximum Gasteiger partial charge on any atom is 0.357 e. The van der Waals surface area contributed by atoms with Gasteiger partial charge in [-0.25, -0.2) is 4.79 Å². The summed E-state index contributed by atoms with van der Waals surface area (Å²) in [6.07, 6.45) is 1.84. The Labute approximate surface area is 108 Å². The Morgan fingerprint density at radius 2 is 2.24 bits per heavy atom. The molecule has 0 aliphatic carbocycles. The van der Waals surface area contributed by atoms with E-state index in [1.54, 1.807) is 4.68 Å². The molecule has 1 N–H and O–H groups in total. The van der Waals surface area contributed by atoms with E-state index in [0.717, 1.165) is 31.7 Å². The number of aromatic nitrogens is 2. The molecule has 6 heteroatoms. The van der Waals surface area contributed by atoms with Crippen molar-refractivity contribution < 1.29 is 14.6 Å². The molecule has 1 aliphatic heterocycles. The Morgan fingerprint density at radius 1 is 1.59 bits per heavy atom. The minimum Gasteiger partial charge on any atom is -0.476 e. The summed E-state index contributed by atoms with van der Waals surface area (Å²) < 4.78 is 7.73. The van der Waals surface area contributed by atoms with Gasteiger partial charge in [0.25, 0.3) is 0 Å². The zero-order valence-corrected chi connectivity index (χ0v) is 11.2. The van der Waals surface area contributed by atoms with Crippen LogP contribution in [-0.4, -0.2) is 34.1 Å². The minimum absolute atomic E-state index is 0.105. The molecule has 0 aromatic carbocycles. The van der Waals surface area contributed by atoms with Gasteiger partial charge in [0, 0.05) is 25.7 Å². The van der Waals surface area contributed by atoms with Crippen LogP contribution in [0.5, 0.6) is 0 Å². The third kappa shape index (κ3) is 2.37. The highest BCUT2D eigenvalue weighted by molar-refractivity contribution is 9.10. The number of hydrogen-bond donors (Lipinski definition) is 1. The summed E-state index contributed by atoms with van der Waals surface area (Å²) in [6.45, 7) is 4.11. The molecule has 0 bridgehead atoms. The highest BCUT2D eigenvalue weighted by Gasteiger charge is 2.27. The van der Waals surface area contributed by atoms with Crippen LogP contribution in [-0.2, 0) is 11.3 Å². The summed E-state index contributed by atoms with van der Waals surface area (Å²) in [4.78, 5) is 11.1. The molecule has 1 aromatic rings. The molecule has 2 heterocycles. The number of nitrogens with zero attached hydrogens (tertiary/aromatic N) is 2. The Kier molecular flexibility index (Phi) is 3.83. The summed E-state index contributed by atoms with van der Waals surface area (Å²) in [5, 5.41) is 13.2. The predicted octanol–water partition coefficient (Wildman–Crippen LogP) is 2.26. The molecule has 0 amide bonds. The standard InChI is InChI=1S/C11H15BrN2O3/c1-2-14-10(7-3-5-17-6-4-7)8(12)9(13-14)11(15)16/h7H,2-6H2,1H3,(H,15,16). The first-order chi connectivity index (χ1) is 8.15. The fourth-order valence-electron chi connectivity index (χ4n) is 2.19. The largest absolute Gasteiger partial charge is 0.476 e. The van der Waals surface area contributed by atoms with E-state index >= 15 is 0 Å². The van der Waals surface area contributed by atoms with Gasteiger partial charge >= 0.3 is 5.97 Å². The summed E-state index contributed by atoms with van der Waals surface area (Å²) in [5.41, 5.74) is 1.10. The molecule has 2 rings (SSSR count). The first-order valence-corrected chi connectivity index (χ1v) is 6.51. The van der Waals surface area contributed by atoms with E-state index in [0.29, 0.717) is 16.9 Å². The van der Waals surface area contributed by atoms with Crippen LogP contribution in [0.1, 0.15) is 41.9 Å². The van der Waals surface area contributed by atoms with E-state index in [1.807, 2.05) is 6.92 Å². The van der Waals surface area contributed by atoms with Crippen molar-refractivity contribution in [3.63, 3.8) is 0 Å². The van der Waals surface area contributed by atoms with Crippen molar-refractivity contribution in [3.05, 3.63) is 15.9 Å². The van der Waals surface area contributed by atoms with Gasteiger partial charge in [-0.3, -0.25) is 4.68 Å². The molecule has 0 unspecified atom stereocenters. The van der Waals surface area contributed by atoms with E-state index in [4.69, 9.17) is 9.84 Å². The molecule has 94 valence electrons. The lowest BCUT2D eigenvalue weighted by molar-refractivity contribution is 0.0688. The molecule has 5 nitrogen and oxygen atoms in total. The third-order valence-electron chi connectivity index (χ3n) is 3.04. The predicted molar refractivity (Wildman–Crippen MR) is 65.4 cm³/mol. The van der Waals surface area contributed by atoms with Crippen LogP contribution in [0.25, 0.3) is 0 Å². The van der Waals surface area contributed by atoms with Crippen molar-refractivity contribution >= 4 is 21.9 Å². The average molecular weight is 303 g/mol. The number of carboxylic acids is 1. The van der Waals surface area contributed by atoms with Crippen molar-refractivity contribution in [1.82, 2.24) is 9.78 Å². The van der Waals surface area contributed by atoms with Crippen molar-refractivity contribution in [2.24, 2.45) is 0 Å². The van der Waals surface area contributed by atoms with Crippen LogP contribution in [0, 0.1) is 0 Å². The van der Waals surface area contributed by atoms with Crippen LogP contribution in [0.2, 0.25) is 0 Å². The number of hydrogen-bond acceptors (Lipinski definition) is 3. The maximum atomic E-state index is 11.1. The highest BCUT2D eigenvalue weighted by atomic mass is 79.9.